The third-order valence-electron chi connectivity index (χ3n) is 3.72. The molecule has 0 aliphatic carbocycles. The third-order valence-corrected chi connectivity index (χ3v) is 4.66. The second kappa shape index (κ2) is 6.92. The van der Waals surface area contributed by atoms with Crippen molar-refractivity contribution in [1.29, 1.82) is 0 Å². The van der Waals surface area contributed by atoms with Crippen molar-refractivity contribution in [3.63, 3.8) is 0 Å². The number of hydrogen-bond acceptors (Lipinski definition) is 4. The van der Waals surface area contributed by atoms with Gasteiger partial charge in [-0.15, -0.1) is 0 Å². The van der Waals surface area contributed by atoms with Gasteiger partial charge in [-0.05, 0) is 45.4 Å². The van der Waals surface area contributed by atoms with E-state index in [1.165, 1.54) is 11.8 Å². The largest absolute Gasteiger partial charge is 0.315 e. The van der Waals surface area contributed by atoms with E-state index in [-0.39, 0.29) is 11.2 Å². The second-order valence-electron chi connectivity index (χ2n) is 5.29. The van der Waals surface area contributed by atoms with Gasteiger partial charge in [0.05, 0.1) is 5.25 Å². The van der Waals surface area contributed by atoms with Crippen LogP contribution in [0.2, 0.25) is 0 Å². The number of para-hydroxylation sites is 1. The summed E-state index contributed by atoms with van der Waals surface area (Å²) in [5, 5.41) is 0.412. The Labute approximate surface area is 136 Å². The molecule has 0 unspecified atom stereocenters. The number of amides is 1. The van der Waals surface area contributed by atoms with E-state index in [9.17, 15) is 4.79 Å². The zero-order valence-corrected chi connectivity index (χ0v) is 14.4. The maximum atomic E-state index is 12.5. The molecule has 0 saturated heterocycles. The summed E-state index contributed by atoms with van der Waals surface area (Å²) in [4.78, 5) is 23.1. The molecule has 4 nitrogen and oxygen atoms in total. The van der Waals surface area contributed by atoms with Crippen molar-refractivity contribution in [2.45, 2.75) is 38.1 Å². The standard InChI is InChI=1S/C17H21N3OS/c1-11-12(2)18-17(19-13(11)3)22-14(4)16(21)20(5)15-9-7-6-8-10-15/h6-10,14H,1-5H3/t14-/m0/s1. The van der Waals surface area contributed by atoms with Crippen molar-refractivity contribution in [2.24, 2.45) is 0 Å². The first-order valence-corrected chi connectivity index (χ1v) is 8.09. The molecule has 116 valence electrons. The predicted octanol–water partition coefficient (Wildman–Crippen LogP) is 3.55. The highest BCUT2D eigenvalue weighted by Gasteiger charge is 2.21. The van der Waals surface area contributed by atoms with Crippen molar-refractivity contribution in [3.8, 4) is 0 Å². The van der Waals surface area contributed by atoms with Gasteiger partial charge in [0.1, 0.15) is 0 Å². The lowest BCUT2D eigenvalue weighted by Gasteiger charge is -2.21. The van der Waals surface area contributed by atoms with Gasteiger partial charge in [-0.2, -0.15) is 0 Å². The summed E-state index contributed by atoms with van der Waals surface area (Å²) in [7, 11) is 1.79. The molecule has 0 saturated carbocycles. The average molecular weight is 315 g/mol. The zero-order valence-electron chi connectivity index (χ0n) is 13.6. The zero-order chi connectivity index (χ0) is 16.3. The van der Waals surface area contributed by atoms with Gasteiger partial charge in [0.2, 0.25) is 5.91 Å². The Morgan fingerprint density at radius 3 is 2.18 bits per heavy atom. The first-order valence-electron chi connectivity index (χ1n) is 7.21. The maximum absolute atomic E-state index is 12.5. The fourth-order valence-electron chi connectivity index (χ4n) is 2.05. The number of rotatable bonds is 4. The highest BCUT2D eigenvalue weighted by molar-refractivity contribution is 8.00. The van der Waals surface area contributed by atoms with Gasteiger partial charge in [0.15, 0.2) is 5.16 Å². The molecule has 0 aliphatic heterocycles. The Bertz CT molecular complexity index is 650. The quantitative estimate of drug-likeness (QED) is 0.639. The molecule has 1 heterocycles. The Balaban J connectivity index is 2.12. The third kappa shape index (κ3) is 3.65. The van der Waals surface area contributed by atoms with Crippen LogP contribution in [0.25, 0.3) is 0 Å². The van der Waals surface area contributed by atoms with Crippen LogP contribution >= 0.6 is 11.8 Å². The summed E-state index contributed by atoms with van der Waals surface area (Å²) in [5.41, 5.74) is 3.92. The molecule has 0 spiro atoms. The number of nitrogens with zero attached hydrogens (tertiary/aromatic N) is 3. The molecular weight excluding hydrogens is 294 g/mol. The Morgan fingerprint density at radius 2 is 1.64 bits per heavy atom. The Hall–Kier alpha value is -1.88. The van der Waals surface area contributed by atoms with E-state index in [1.54, 1.807) is 11.9 Å². The minimum Gasteiger partial charge on any atom is -0.315 e. The lowest BCUT2D eigenvalue weighted by atomic mass is 10.2. The fraction of sp³-hybridized carbons (Fsp3) is 0.353. The molecular formula is C17H21N3OS. The highest BCUT2D eigenvalue weighted by Crippen LogP contribution is 2.24. The van der Waals surface area contributed by atoms with Gasteiger partial charge in [0.25, 0.3) is 0 Å². The smallest absolute Gasteiger partial charge is 0.240 e. The number of carbonyl (C=O) groups excluding carboxylic acids is 1. The van der Waals surface area contributed by atoms with Crippen molar-refractivity contribution >= 4 is 23.4 Å². The molecule has 0 N–H and O–H groups in total. The van der Waals surface area contributed by atoms with E-state index in [4.69, 9.17) is 0 Å². The van der Waals surface area contributed by atoms with E-state index in [0.29, 0.717) is 5.16 Å². The van der Waals surface area contributed by atoms with Crippen LogP contribution in [0.4, 0.5) is 5.69 Å². The van der Waals surface area contributed by atoms with E-state index < -0.39 is 0 Å². The maximum Gasteiger partial charge on any atom is 0.240 e. The van der Waals surface area contributed by atoms with Crippen LogP contribution in [0, 0.1) is 20.8 Å². The summed E-state index contributed by atoms with van der Waals surface area (Å²) < 4.78 is 0. The van der Waals surface area contributed by atoms with Gasteiger partial charge in [-0.25, -0.2) is 9.97 Å². The molecule has 1 atom stereocenters. The van der Waals surface area contributed by atoms with Gasteiger partial charge >= 0.3 is 0 Å². The average Bonchev–Trinajstić information content (AvgIpc) is 2.51. The van der Waals surface area contributed by atoms with Gasteiger partial charge in [-0.3, -0.25) is 4.79 Å². The van der Waals surface area contributed by atoms with E-state index >= 15 is 0 Å². The molecule has 1 aromatic heterocycles. The number of aryl methyl sites for hydroxylation is 2. The van der Waals surface area contributed by atoms with Crippen LogP contribution in [-0.4, -0.2) is 28.2 Å². The molecule has 1 amide bonds. The summed E-state index contributed by atoms with van der Waals surface area (Å²) in [6.07, 6.45) is 0. The van der Waals surface area contributed by atoms with Crippen LogP contribution in [-0.2, 0) is 4.79 Å². The monoisotopic (exact) mass is 315 g/mol. The molecule has 0 aliphatic rings. The molecule has 1 aromatic carbocycles. The Kier molecular flexibility index (Phi) is 5.19. The van der Waals surface area contributed by atoms with E-state index in [2.05, 4.69) is 9.97 Å². The van der Waals surface area contributed by atoms with Crippen LogP contribution in [0.1, 0.15) is 23.9 Å². The molecule has 0 bridgehead atoms. The predicted molar refractivity (Wildman–Crippen MR) is 91.4 cm³/mol. The summed E-state index contributed by atoms with van der Waals surface area (Å²) in [5.74, 6) is 0.0377. The first kappa shape index (κ1) is 16.5. The van der Waals surface area contributed by atoms with Gasteiger partial charge in [0, 0.05) is 24.1 Å². The second-order valence-corrected chi connectivity index (χ2v) is 6.60. The van der Waals surface area contributed by atoms with Gasteiger partial charge < -0.3 is 4.90 Å². The van der Waals surface area contributed by atoms with Crippen molar-refractivity contribution < 1.29 is 4.79 Å². The van der Waals surface area contributed by atoms with Crippen molar-refractivity contribution in [3.05, 3.63) is 47.3 Å². The molecule has 22 heavy (non-hydrogen) atoms. The summed E-state index contributed by atoms with van der Waals surface area (Å²) >= 11 is 1.40. The minimum absolute atomic E-state index is 0.0377. The van der Waals surface area contributed by atoms with E-state index in [0.717, 1.165) is 22.6 Å². The number of benzene rings is 1. The lowest BCUT2D eigenvalue weighted by Crippen LogP contribution is -2.33. The number of anilines is 1. The van der Waals surface area contributed by atoms with Crippen molar-refractivity contribution in [2.75, 3.05) is 11.9 Å². The number of hydrogen-bond donors (Lipinski definition) is 0. The van der Waals surface area contributed by atoms with Crippen LogP contribution in [0.15, 0.2) is 35.5 Å². The molecule has 5 heteroatoms. The van der Waals surface area contributed by atoms with Gasteiger partial charge in [-0.1, -0.05) is 30.0 Å². The first-order chi connectivity index (χ1) is 10.4. The van der Waals surface area contributed by atoms with Crippen molar-refractivity contribution in [1.82, 2.24) is 9.97 Å². The number of aromatic nitrogens is 2. The SMILES string of the molecule is Cc1nc(S[C@@H](C)C(=O)N(C)c2ccccc2)nc(C)c1C. The minimum atomic E-state index is -0.244. The highest BCUT2D eigenvalue weighted by atomic mass is 32.2. The van der Waals surface area contributed by atoms with E-state index in [1.807, 2.05) is 58.0 Å². The van der Waals surface area contributed by atoms with Crippen LogP contribution in [0.5, 0.6) is 0 Å². The molecule has 2 aromatic rings. The Morgan fingerprint density at radius 1 is 1.09 bits per heavy atom. The molecule has 0 radical (unpaired) electrons. The number of thioether (sulfide) groups is 1. The number of carbonyl (C=O) groups is 1. The topological polar surface area (TPSA) is 46.1 Å². The normalized spacial score (nSPS) is 12.0. The van der Waals surface area contributed by atoms with Crippen LogP contribution < -0.4 is 4.90 Å². The molecule has 2 rings (SSSR count). The summed E-state index contributed by atoms with van der Waals surface area (Å²) in [6.45, 7) is 7.84. The molecule has 0 fully saturated rings. The van der Waals surface area contributed by atoms with Crippen LogP contribution in [0.3, 0.4) is 0 Å². The fourth-order valence-corrected chi connectivity index (χ4v) is 3.01. The summed E-state index contributed by atoms with van der Waals surface area (Å²) in [6, 6.07) is 9.63. The lowest BCUT2D eigenvalue weighted by molar-refractivity contribution is -0.117.